The molecule has 1 aliphatic heterocycles. The van der Waals surface area contributed by atoms with E-state index in [2.05, 4.69) is 22.9 Å². The first-order chi connectivity index (χ1) is 11.7. The zero-order chi connectivity index (χ0) is 16.9. The molecule has 24 heavy (non-hydrogen) atoms. The third-order valence-corrected chi connectivity index (χ3v) is 4.99. The van der Waals surface area contributed by atoms with Crippen molar-refractivity contribution in [3.63, 3.8) is 0 Å². The van der Waals surface area contributed by atoms with E-state index in [1.54, 1.807) is 6.07 Å². The van der Waals surface area contributed by atoms with E-state index < -0.39 is 0 Å². The Morgan fingerprint density at radius 1 is 1.21 bits per heavy atom. The van der Waals surface area contributed by atoms with Gasteiger partial charge in [-0.05, 0) is 48.5 Å². The summed E-state index contributed by atoms with van der Waals surface area (Å²) in [7, 11) is 0. The molecule has 2 aromatic rings. The molecule has 1 aromatic heterocycles. The molecule has 126 valence electrons. The van der Waals surface area contributed by atoms with Crippen molar-refractivity contribution in [2.24, 2.45) is 0 Å². The summed E-state index contributed by atoms with van der Waals surface area (Å²) in [5, 5.41) is 11.5. The monoisotopic (exact) mass is 343 g/mol. The normalized spacial score (nSPS) is 16.8. The Morgan fingerprint density at radius 3 is 2.67 bits per heavy atom. The van der Waals surface area contributed by atoms with Crippen LogP contribution in [0.2, 0.25) is 0 Å². The molecule has 1 unspecified atom stereocenters. The summed E-state index contributed by atoms with van der Waals surface area (Å²) < 4.78 is 0. The molecule has 0 aliphatic carbocycles. The van der Waals surface area contributed by atoms with E-state index >= 15 is 0 Å². The largest absolute Gasteiger partial charge is 0.348 e. The lowest BCUT2D eigenvalue weighted by molar-refractivity contribution is 0.0941. The van der Waals surface area contributed by atoms with Gasteiger partial charge in [0, 0.05) is 18.2 Å². The van der Waals surface area contributed by atoms with Gasteiger partial charge in [0.15, 0.2) is 0 Å². The molecule has 1 saturated heterocycles. The maximum Gasteiger partial charge on any atom is 0.256 e. The second kappa shape index (κ2) is 7.59. The number of carbonyl (C=O) groups is 2. The average Bonchev–Trinajstić information content (AvgIpc) is 3.26. The first-order valence-corrected chi connectivity index (χ1v) is 9.04. The number of amides is 2. The van der Waals surface area contributed by atoms with E-state index in [-0.39, 0.29) is 17.9 Å². The van der Waals surface area contributed by atoms with Gasteiger partial charge in [0.25, 0.3) is 11.8 Å². The molecule has 2 amide bonds. The third kappa shape index (κ3) is 3.83. The quantitative estimate of drug-likeness (QED) is 0.782. The molecule has 0 spiro atoms. The van der Waals surface area contributed by atoms with E-state index in [0.717, 1.165) is 25.9 Å². The predicted octanol–water partition coefficient (Wildman–Crippen LogP) is 2.65. The number of carbonyl (C=O) groups excluding carboxylic acids is 2. The lowest BCUT2D eigenvalue weighted by Gasteiger charge is -2.12. The molecular weight excluding hydrogens is 322 g/mol. The Bertz CT molecular complexity index is 718. The first-order valence-electron chi connectivity index (χ1n) is 8.16. The Hall–Kier alpha value is -2.18. The van der Waals surface area contributed by atoms with Crippen LogP contribution in [0, 0.1) is 0 Å². The number of anilines is 1. The second-order valence-corrected chi connectivity index (χ2v) is 6.75. The number of rotatable bonds is 5. The van der Waals surface area contributed by atoms with Gasteiger partial charge in [0.2, 0.25) is 0 Å². The highest BCUT2D eigenvalue weighted by Gasteiger charge is 2.21. The first kappa shape index (κ1) is 16.7. The van der Waals surface area contributed by atoms with Gasteiger partial charge < -0.3 is 16.0 Å². The van der Waals surface area contributed by atoms with Crippen LogP contribution < -0.4 is 16.0 Å². The molecule has 2 heterocycles. The van der Waals surface area contributed by atoms with Crippen molar-refractivity contribution in [3.8, 4) is 0 Å². The lowest BCUT2D eigenvalue weighted by atomic mass is 10.1. The zero-order valence-electron chi connectivity index (χ0n) is 13.6. The van der Waals surface area contributed by atoms with Crippen LogP contribution in [0.4, 0.5) is 5.00 Å². The topological polar surface area (TPSA) is 70.2 Å². The lowest BCUT2D eigenvalue weighted by Crippen LogP contribution is -2.36. The summed E-state index contributed by atoms with van der Waals surface area (Å²) in [4.78, 5) is 24.8. The molecule has 1 atom stereocenters. The van der Waals surface area contributed by atoms with Crippen LogP contribution in [0.1, 0.15) is 39.6 Å². The molecular formula is C18H21N3O2S. The van der Waals surface area contributed by atoms with Gasteiger partial charge in [-0.3, -0.25) is 9.59 Å². The van der Waals surface area contributed by atoms with Gasteiger partial charge in [-0.25, -0.2) is 0 Å². The van der Waals surface area contributed by atoms with E-state index in [0.29, 0.717) is 16.1 Å². The van der Waals surface area contributed by atoms with Crippen LogP contribution in [-0.4, -0.2) is 30.9 Å². The van der Waals surface area contributed by atoms with Crippen molar-refractivity contribution in [3.05, 3.63) is 52.4 Å². The summed E-state index contributed by atoms with van der Waals surface area (Å²) in [6, 6.07) is 9.42. The predicted molar refractivity (Wildman–Crippen MR) is 96.8 cm³/mol. The third-order valence-electron chi connectivity index (χ3n) is 4.16. The van der Waals surface area contributed by atoms with Crippen LogP contribution in [0.3, 0.4) is 0 Å². The average molecular weight is 343 g/mol. The summed E-state index contributed by atoms with van der Waals surface area (Å²) >= 11 is 1.36. The number of nitrogens with one attached hydrogen (secondary N) is 3. The van der Waals surface area contributed by atoms with Crippen molar-refractivity contribution in [1.29, 1.82) is 0 Å². The van der Waals surface area contributed by atoms with Crippen molar-refractivity contribution in [2.75, 3.05) is 18.4 Å². The Labute approximate surface area is 145 Å². The van der Waals surface area contributed by atoms with Gasteiger partial charge in [0.1, 0.15) is 5.00 Å². The Morgan fingerprint density at radius 2 is 2.00 bits per heavy atom. The van der Waals surface area contributed by atoms with Crippen LogP contribution in [0.25, 0.3) is 0 Å². The van der Waals surface area contributed by atoms with E-state index in [1.165, 1.54) is 16.9 Å². The molecule has 0 saturated carbocycles. The molecule has 0 radical (unpaired) electrons. The Kier molecular flexibility index (Phi) is 5.27. The van der Waals surface area contributed by atoms with Gasteiger partial charge in [-0.1, -0.05) is 19.1 Å². The summed E-state index contributed by atoms with van der Waals surface area (Å²) in [5.41, 5.74) is 2.30. The highest BCUT2D eigenvalue weighted by molar-refractivity contribution is 7.14. The molecule has 0 bridgehead atoms. The van der Waals surface area contributed by atoms with Crippen molar-refractivity contribution >= 4 is 28.2 Å². The van der Waals surface area contributed by atoms with Crippen LogP contribution in [0.15, 0.2) is 35.7 Å². The minimum atomic E-state index is -0.198. The van der Waals surface area contributed by atoms with Crippen LogP contribution in [0.5, 0.6) is 0 Å². The van der Waals surface area contributed by atoms with Crippen LogP contribution >= 0.6 is 11.3 Å². The number of hydrogen-bond donors (Lipinski definition) is 3. The fraction of sp³-hybridized carbons (Fsp3) is 0.333. The molecule has 3 N–H and O–H groups in total. The number of hydrogen-bond acceptors (Lipinski definition) is 4. The van der Waals surface area contributed by atoms with E-state index in [4.69, 9.17) is 0 Å². The van der Waals surface area contributed by atoms with Gasteiger partial charge in [-0.15, -0.1) is 11.3 Å². The molecule has 3 rings (SSSR count). The summed E-state index contributed by atoms with van der Waals surface area (Å²) in [6.07, 6.45) is 1.87. The van der Waals surface area contributed by atoms with E-state index in [1.807, 2.05) is 29.6 Å². The standard InChI is InChI=1S/C18H21N3O2S/c1-2-12-3-5-13(6-4-12)16(22)21-18-15(8-10-24-18)17(23)20-14-7-9-19-11-14/h3-6,8,10,14,19H,2,7,9,11H2,1H3,(H,20,23)(H,21,22). The number of benzene rings is 1. The van der Waals surface area contributed by atoms with Gasteiger partial charge in [-0.2, -0.15) is 0 Å². The molecule has 1 aromatic carbocycles. The fourth-order valence-electron chi connectivity index (χ4n) is 2.69. The van der Waals surface area contributed by atoms with Crippen LogP contribution in [-0.2, 0) is 6.42 Å². The zero-order valence-corrected chi connectivity index (χ0v) is 14.4. The number of aryl methyl sites for hydroxylation is 1. The molecule has 5 nitrogen and oxygen atoms in total. The van der Waals surface area contributed by atoms with E-state index in [9.17, 15) is 9.59 Å². The molecule has 1 fully saturated rings. The van der Waals surface area contributed by atoms with Crippen molar-refractivity contribution in [2.45, 2.75) is 25.8 Å². The minimum absolute atomic E-state index is 0.137. The fourth-order valence-corrected chi connectivity index (χ4v) is 3.47. The number of thiophene rings is 1. The smallest absolute Gasteiger partial charge is 0.256 e. The summed E-state index contributed by atoms with van der Waals surface area (Å²) in [6.45, 7) is 3.79. The maximum absolute atomic E-state index is 12.4. The Balaban J connectivity index is 1.67. The minimum Gasteiger partial charge on any atom is -0.348 e. The highest BCUT2D eigenvalue weighted by Crippen LogP contribution is 2.24. The maximum atomic E-state index is 12.4. The van der Waals surface area contributed by atoms with Crippen molar-refractivity contribution in [1.82, 2.24) is 10.6 Å². The van der Waals surface area contributed by atoms with Crippen molar-refractivity contribution < 1.29 is 9.59 Å². The SMILES string of the molecule is CCc1ccc(C(=O)Nc2sccc2C(=O)NC2CCNC2)cc1. The second-order valence-electron chi connectivity index (χ2n) is 5.83. The molecule has 1 aliphatic rings. The molecule has 6 heteroatoms. The van der Waals surface area contributed by atoms with Gasteiger partial charge in [0.05, 0.1) is 5.56 Å². The van der Waals surface area contributed by atoms with Gasteiger partial charge >= 0.3 is 0 Å². The summed E-state index contributed by atoms with van der Waals surface area (Å²) in [5.74, 6) is -0.335. The highest BCUT2D eigenvalue weighted by atomic mass is 32.1.